The van der Waals surface area contributed by atoms with E-state index in [0.717, 1.165) is 5.56 Å². The highest BCUT2D eigenvalue weighted by Crippen LogP contribution is 2.28. The molecule has 0 atom stereocenters. The number of benzene rings is 2. The molecule has 92 valence electrons. The fourth-order valence-corrected chi connectivity index (χ4v) is 2.02. The summed E-state index contributed by atoms with van der Waals surface area (Å²) in [6, 6.07) is 12.5. The molecule has 0 bridgehead atoms. The molecule has 0 spiro atoms. The number of Topliss-reactive ketones (excluding diaryl/α,β-unsaturated/α-hetero) is 1. The van der Waals surface area contributed by atoms with E-state index in [9.17, 15) is 4.79 Å². The molecule has 0 amide bonds. The Kier molecular flexibility index (Phi) is 3.90. The third-order valence-electron chi connectivity index (χ3n) is 2.60. The van der Waals surface area contributed by atoms with Crippen molar-refractivity contribution in [1.29, 1.82) is 0 Å². The first kappa shape index (κ1) is 12.9. The predicted octanol–water partition coefficient (Wildman–Crippen LogP) is 4.00. The fourth-order valence-electron chi connectivity index (χ4n) is 1.68. The molecular formula is C14H11Cl2NO. The maximum Gasteiger partial charge on any atom is 0.169 e. The maximum atomic E-state index is 12.1. The van der Waals surface area contributed by atoms with Gasteiger partial charge in [0.15, 0.2) is 5.78 Å². The summed E-state index contributed by atoms with van der Waals surface area (Å²) in [6.07, 6.45) is 0.295. The van der Waals surface area contributed by atoms with Gasteiger partial charge < -0.3 is 5.73 Å². The van der Waals surface area contributed by atoms with Crippen LogP contribution in [0.3, 0.4) is 0 Å². The third kappa shape index (κ3) is 2.84. The van der Waals surface area contributed by atoms with Crippen LogP contribution in [0, 0.1) is 0 Å². The summed E-state index contributed by atoms with van der Waals surface area (Å²) >= 11 is 11.7. The highest BCUT2D eigenvalue weighted by atomic mass is 35.5. The number of hydrogen-bond acceptors (Lipinski definition) is 2. The summed E-state index contributed by atoms with van der Waals surface area (Å²) in [5.41, 5.74) is 7.48. The van der Waals surface area contributed by atoms with Crippen LogP contribution >= 0.6 is 23.2 Å². The first-order chi connectivity index (χ1) is 8.58. The van der Waals surface area contributed by atoms with Gasteiger partial charge >= 0.3 is 0 Å². The second kappa shape index (κ2) is 5.42. The van der Waals surface area contributed by atoms with Crippen LogP contribution in [0.5, 0.6) is 0 Å². The quantitative estimate of drug-likeness (QED) is 0.682. The molecule has 4 heteroatoms. The molecule has 2 aromatic carbocycles. The highest BCUT2D eigenvalue weighted by Gasteiger charge is 2.13. The van der Waals surface area contributed by atoms with Crippen LogP contribution < -0.4 is 5.73 Å². The first-order valence-electron chi connectivity index (χ1n) is 5.39. The van der Waals surface area contributed by atoms with Gasteiger partial charge in [0.05, 0.1) is 10.0 Å². The summed E-state index contributed by atoms with van der Waals surface area (Å²) in [5, 5.41) is 0.688. The normalized spacial score (nSPS) is 10.3. The number of ketones is 1. The van der Waals surface area contributed by atoms with Crippen molar-refractivity contribution < 1.29 is 4.79 Å². The van der Waals surface area contributed by atoms with Crippen molar-refractivity contribution >= 4 is 34.7 Å². The Bertz CT molecular complexity index is 582. The largest absolute Gasteiger partial charge is 0.398 e. The van der Waals surface area contributed by atoms with E-state index in [1.165, 1.54) is 12.1 Å². The molecule has 2 nitrogen and oxygen atoms in total. The molecule has 0 saturated heterocycles. The summed E-state index contributed by atoms with van der Waals surface area (Å²) in [6.45, 7) is 0. The number of nitrogens with two attached hydrogens (primary N) is 1. The molecule has 2 rings (SSSR count). The van der Waals surface area contributed by atoms with Gasteiger partial charge in [-0.1, -0.05) is 53.5 Å². The molecule has 18 heavy (non-hydrogen) atoms. The second-order valence-corrected chi connectivity index (χ2v) is 4.75. The topological polar surface area (TPSA) is 43.1 Å². The number of halogens is 2. The zero-order valence-corrected chi connectivity index (χ0v) is 11.0. The van der Waals surface area contributed by atoms with E-state index in [4.69, 9.17) is 28.9 Å². The lowest BCUT2D eigenvalue weighted by atomic mass is 10.0. The van der Waals surface area contributed by atoms with Gasteiger partial charge in [0.2, 0.25) is 0 Å². The van der Waals surface area contributed by atoms with Gasteiger partial charge in [-0.25, -0.2) is 0 Å². The Morgan fingerprint density at radius 1 is 1.06 bits per heavy atom. The number of nitrogen functional groups attached to an aromatic ring is 1. The van der Waals surface area contributed by atoms with Gasteiger partial charge in [0, 0.05) is 17.7 Å². The van der Waals surface area contributed by atoms with E-state index >= 15 is 0 Å². The summed E-state index contributed by atoms with van der Waals surface area (Å²) in [7, 11) is 0. The van der Waals surface area contributed by atoms with Gasteiger partial charge in [-0.15, -0.1) is 0 Å². The molecule has 0 radical (unpaired) electrons. The Morgan fingerprint density at radius 3 is 2.33 bits per heavy atom. The van der Waals surface area contributed by atoms with Gasteiger partial charge in [-0.2, -0.15) is 0 Å². The van der Waals surface area contributed by atoms with Crippen molar-refractivity contribution in [2.75, 3.05) is 5.73 Å². The Hall–Kier alpha value is -1.51. The van der Waals surface area contributed by atoms with Gasteiger partial charge in [0.25, 0.3) is 0 Å². The number of anilines is 1. The first-order valence-corrected chi connectivity index (χ1v) is 6.15. The molecule has 0 heterocycles. The fraction of sp³-hybridized carbons (Fsp3) is 0.0714. The average Bonchev–Trinajstić information content (AvgIpc) is 2.35. The third-order valence-corrected chi connectivity index (χ3v) is 3.32. The van der Waals surface area contributed by atoms with Crippen LogP contribution in [0.1, 0.15) is 15.9 Å². The Labute approximate surface area is 115 Å². The summed E-state index contributed by atoms with van der Waals surface area (Å²) in [5.74, 6) is -0.0720. The van der Waals surface area contributed by atoms with Crippen molar-refractivity contribution in [3.63, 3.8) is 0 Å². The molecule has 2 aromatic rings. The number of hydrogen-bond donors (Lipinski definition) is 1. The van der Waals surface area contributed by atoms with Crippen LogP contribution in [0.15, 0.2) is 42.5 Å². The standard InChI is InChI=1S/C14H11Cl2NO/c15-11-7-10(13(17)8-12(11)16)14(18)6-9-4-2-1-3-5-9/h1-5,7-8H,6,17H2. The molecule has 0 aliphatic heterocycles. The smallest absolute Gasteiger partial charge is 0.169 e. The Balaban J connectivity index is 2.27. The number of rotatable bonds is 3. The lowest BCUT2D eigenvalue weighted by Crippen LogP contribution is -2.07. The summed E-state index contributed by atoms with van der Waals surface area (Å²) in [4.78, 5) is 12.1. The van der Waals surface area contributed by atoms with E-state index in [1.807, 2.05) is 30.3 Å². The van der Waals surface area contributed by atoms with Crippen LogP contribution in [-0.4, -0.2) is 5.78 Å². The van der Waals surface area contributed by atoms with Crippen LogP contribution in [0.2, 0.25) is 10.0 Å². The molecule has 0 aliphatic carbocycles. The van der Waals surface area contributed by atoms with Gasteiger partial charge in [-0.05, 0) is 17.7 Å². The molecule has 0 fully saturated rings. The minimum Gasteiger partial charge on any atom is -0.398 e. The molecule has 0 saturated carbocycles. The monoisotopic (exact) mass is 279 g/mol. The van der Waals surface area contributed by atoms with Crippen molar-refractivity contribution in [3.8, 4) is 0 Å². The lowest BCUT2D eigenvalue weighted by molar-refractivity contribution is 0.0994. The van der Waals surface area contributed by atoms with Crippen LogP contribution in [0.25, 0.3) is 0 Å². The lowest BCUT2D eigenvalue weighted by Gasteiger charge is -2.07. The van der Waals surface area contributed by atoms with E-state index in [2.05, 4.69) is 0 Å². The van der Waals surface area contributed by atoms with E-state index in [-0.39, 0.29) is 5.78 Å². The van der Waals surface area contributed by atoms with Crippen LogP contribution in [-0.2, 0) is 6.42 Å². The average molecular weight is 280 g/mol. The zero-order chi connectivity index (χ0) is 13.1. The van der Waals surface area contributed by atoms with Crippen molar-refractivity contribution in [3.05, 3.63) is 63.6 Å². The maximum absolute atomic E-state index is 12.1. The number of carbonyl (C=O) groups is 1. The SMILES string of the molecule is Nc1cc(Cl)c(Cl)cc1C(=O)Cc1ccccc1. The van der Waals surface area contributed by atoms with Gasteiger partial charge in [0.1, 0.15) is 0 Å². The summed E-state index contributed by atoms with van der Waals surface area (Å²) < 4.78 is 0. The zero-order valence-electron chi connectivity index (χ0n) is 9.49. The molecule has 0 aliphatic rings. The molecule has 2 N–H and O–H groups in total. The van der Waals surface area contributed by atoms with E-state index < -0.39 is 0 Å². The molecular weight excluding hydrogens is 269 g/mol. The highest BCUT2D eigenvalue weighted by molar-refractivity contribution is 6.42. The molecule has 0 aromatic heterocycles. The second-order valence-electron chi connectivity index (χ2n) is 3.94. The predicted molar refractivity (Wildman–Crippen MR) is 75.4 cm³/mol. The number of carbonyl (C=O) groups excluding carboxylic acids is 1. The van der Waals surface area contributed by atoms with Gasteiger partial charge in [-0.3, -0.25) is 4.79 Å². The molecule has 0 unspecified atom stereocenters. The van der Waals surface area contributed by atoms with E-state index in [0.29, 0.717) is 27.7 Å². The minimum absolute atomic E-state index is 0.0720. The van der Waals surface area contributed by atoms with Crippen molar-refractivity contribution in [2.45, 2.75) is 6.42 Å². The van der Waals surface area contributed by atoms with Crippen molar-refractivity contribution in [1.82, 2.24) is 0 Å². The van der Waals surface area contributed by atoms with Crippen LogP contribution in [0.4, 0.5) is 5.69 Å². The Morgan fingerprint density at radius 2 is 1.67 bits per heavy atom. The minimum atomic E-state index is -0.0720. The van der Waals surface area contributed by atoms with E-state index in [1.54, 1.807) is 0 Å². The van der Waals surface area contributed by atoms with Crippen molar-refractivity contribution in [2.24, 2.45) is 0 Å².